The number of fused-ring (bicyclic) bond motifs is 1. The third kappa shape index (κ3) is 2.15. The van der Waals surface area contributed by atoms with E-state index in [0.717, 1.165) is 23.5 Å². The highest BCUT2D eigenvalue weighted by atomic mass is 15.1. The Hall–Kier alpha value is -1.48. The van der Waals surface area contributed by atoms with E-state index >= 15 is 0 Å². The maximum Gasteiger partial charge on any atom is 0.0931 e. The zero-order chi connectivity index (χ0) is 11.7. The van der Waals surface area contributed by atoms with Crippen molar-refractivity contribution in [3.05, 3.63) is 36.2 Å². The van der Waals surface area contributed by atoms with Crippen LogP contribution in [-0.4, -0.2) is 28.0 Å². The van der Waals surface area contributed by atoms with Gasteiger partial charge < -0.3 is 0 Å². The summed E-state index contributed by atoms with van der Waals surface area (Å²) < 4.78 is 0. The Morgan fingerprint density at radius 1 is 1.29 bits per heavy atom. The number of rotatable bonds is 2. The average Bonchev–Trinajstić information content (AvgIpc) is 2.75. The average molecular weight is 227 g/mol. The van der Waals surface area contributed by atoms with Crippen molar-refractivity contribution in [2.75, 3.05) is 13.1 Å². The van der Waals surface area contributed by atoms with Gasteiger partial charge in [0.25, 0.3) is 0 Å². The summed E-state index contributed by atoms with van der Waals surface area (Å²) in [5.41, 5.74) is 3.34. The highest BCUT2D eigenvalue weighted by molar-refractivity contribution is 5.77. The van der Waals surface area contributed by atoms with Gasteiger partial charge in [0.05, 0.1) is 11.0 Å². The normalized spacial score (nSPS) is 21.1. The van der Waals surface area contributed by atoms with Crippen LogP contribution >= 0.6 is 0 Å². The van der Waals surface area contributed by atoms with Crippen LogP contribution in [0.1, 0.15) is 18.9 Å². The molecule has 0 saturated carbocycles. The van der Waals surface area contributed by atoms with E-state index in [4.69, 9.17) is 0 Å². The summed E-state index contributed by atoms with van der Waals surface area (Å²) in [6.07, 6.45) is 5.05. The third-order valence-electron chi connectivity index (χ3n) is 3.48. The molecule has 0 aliphatic carbocycles. The standard InChI is InChI=1S/C14H17N3/c1-11-5-8-17(9-11)10-12-4-7-15-13-3-2-6-16-14(12)13/h2-4,6-7,11H,5,8-10H2,1H3. The van der Waals surface area contributed by atoms with E-state index in [9.17, 15) is 0 Å². The Kier molecular flexibility index (Phi) is 2.77. The molecule has 2 aromatic rings. The summed E-state index contributed by atoms with van der Waals surface area (Å²) in [7, 11) is 0. The molecular weight excluding hydrogens is 210 g/mol. The Balaban J connectivity index is 1.90. The van der Waals surface area contributed by atoms with Gasteiger partial charge in [-0.05, 0) is 42.6 Å². The van der Waals surface area contributed by atoms with Crippen molar-refractivity contribution < 1.29 is 0 Å². The molecule has 3 nitrogen and oxygen atoms in total. The Labute approximate surface area is 101 Å². The number of hydrogen-bond acceptors (Lipinski definition) is 3. The second kappa shape index (κ2) is 4.41. The number of pyridine rings is 2. The Morgan fingerprint density at radius 3 is 3.06 bits per heavy atom. The van der Waals surface area contributed by atoms with E-state index in [1.165, 1.54) is 25.1 Å². The quantitative estimate of drug-likeness (QED) is 0.789. The van der Waals surface area contributed by atoms with E-state index in [-0.39, 0.29) is 0 Å². The van der Waals surface area contributed by atoms with E-state index in [2.05, 4.69) is 27.9 Å². The van der Waals surface area contributed by atoms with Crippen molar-refractivity contribution in [1.29, 1.82) is 0 Å². The zero-order valence-electron chi connectivity index (χ0n) is 10.1. The van der Waals surface area contributed by atoms with Crippen molar-refractivity contribution in [3.63, 3.8) is 0 Å². The van der Waals surface area contributed by atoms with Gasteiger partial charge in [0.2, 0.25) is 0 Å². The molecule has 88 valence electrons. The molecule has 1 aliphatic rings. The monoisotopic (exact) mass is 227 g/mol. The third-order valence-corrected chi connectivity index (χ3v) is 3.48. The highest BCUT2D eigenvalue weighted by Gasteiger charge is 2.19. The van der Waals surface area contributed by atoms with Crippen LogP contribution in [0.2, 0.25) is 0 Å². The first kappa shape index (κ1) is 10.7. The fraction of sp³-hybridized carbons (Fsp3) is 0.429. The van der Waals surface area contributed by atoms with Crippen LogP contribution in [0.3, 0.4) is 0 Å². The van der Waals surface area contributed by atoms with E-state index in [1.54, 1.807) is 0 Å². The first-order valence-electron chi connectivity index (χ1n) is 6.24. The predicted molar refractivity (Wildman–Crippen MR) is 68.6 cm³/mol. The molecule has 0 aromatic carbocycles. The summed E-state index contributed by atoms with van der Waals surface area (Å²) in [5, 5.41) is 0. The summed E-state index contributed by atoms with van der Waals surface area (Å²) in [6, 6.07) is 6.06. The fourth-order valence-electron chi connectivity index (χ4n) is 2.57. The van der Waals surface area contributed by atoms with Crippen molar-refractivity contribution in [1.82, 2.24) is 14.9 Å². The zero-order valence-corrected chi connectivity index (χ0v) is 10.1. The van der Waals surface area contributed by atoms with Crippen LogP contribution < -0.4 is 0 Å². The minimum Gasteiger partial charge on any atom is -0.299 e. The fourth-order valence-corrected chi connectivity index (χ4v) is 2.57. The molecular formula is C14H17N3. The summed E-state index contributed by atoms with van der Waals surface area (Å²) in [4.78, 5) is 11.3. The first-order valence-corrected chi connectivity index (χ1v) is 6.24. The maximum absolute atomic E-state index is 4.45. The Bertz CT molecular complexity index is 518. The van der Waals surface area contributed by atoms with Crippen LogP contribution in [0.4, 0.5) is 0 Å². The number of aromatic nitrogens is 2. The molecule has 0 bridgehead atoms. The second-order valence-corrected chi connectivity index (χ2v) is 4.97. The highest BCUT2D eigenvalue weighted by Crippen LogP contribution is 2.20. The van der Waals surface area contributed by atoms with Gasteiger partial charge in [-0.25, -0.2) is 0 Å². The predicted octanol–water partition coefficient (Wildman–Crippen LogP) is 2.47. The van der Waals surface area contributed by atoms with Crippen LogP contribution in [0.15, 0.2) is 30.6 Å². The Morgan fingerprint density at radius 2 is 2.24 bits per heavy atom. The lowest BCUT2D eigenvalue weighted by Gasteiger charge is -2.15. The molecule has 1 aliphatic heterocycles. The minimum absolute atomic E-state index is 0.830. The van der Waals surface area contributed by atoms with Gasteiger partial charge in [-0.2, -0.15) is 0 Å². The van der Waals surface area contributed by atoms with E-state index < -0.39 is 0 Å². The van der Waals surface area contributed by atoms with Crippen LogP contribution in [0.5, 0.6) is 0 Å². The molecule has 3 rings (SSSR count). The number of nitrogens with zero attached hydrogens (tertiary/aromatic N) is 3. The van der Waals surface area contributed by atoms with E-state index in [1.807, 2.05) is 24.5 Å². The smallest absolute Gasteiger partial charge is 0.0931 e. The van der Waals surface area contributed by atoms with Crippen LogP contribution in [0, 0.1) is 5.92 Å². The lowest BCUT2D eigenvalue weighted by Crippen LogP contribution is -2.19. The lowest BCUT2D eigenvalue weighted by molar-refractivity contribution is 0.321. The minimum atomic E-state index is 0.830. The van der Waals surface area contributed by atoms with Gasteiger partial charge in [-0.1, -0.05) is 6.92 Å². The molecule has 0 amide bonds. The number of likely N-dealkylation sites (tertiary alicyclic amines) is 1. The van der Waals surface area contributed by atoms with E-state index in [0.29, 0.717) is 0 Å². The van der Waals surface area contributed by atoms with Crippen molar-refractivity contribution >= 4 is 11.0 Å². The SMILES string of the molecule is CC1CCN(Cc2ccnc3cccnc23)C1. The number of hydrogen-bond donors (Lipinski definition) is 0. The lowest BCUT2D eigenvalue weighted by atomic mass is 10.2. The summed E-state index contributed by atoms with van der Waals surface area (Å²) in [5.74, 6) is 0.830. The molecule has 3 heterocycles. The second-order valence-electron chi connectivity index (χ2n) is 4.97. The summed E-state index contributed by atoms with van der Waals surface area (Å²) in [6.45, 7) is 5.73. The molecule has 2 aromatic heterocycles. The van der Waals surface area contributed by atoms with Crippen LogP contribution in [0.25, 0.3) is 11.0 Å². The molecule has 1 unspecified atom stereocenters. The van der Waals surface area contributed by atoms with Gasteiger partial charge in [0, 0.05) is 25.5 Å². The first-order chi connectivity index (χ1) is 8.33. The molecule has 1 saturated heterocycles. The largest absolute Gasteiger partial charge is 0.299 e. The van der Waals surface area contributed by atoms with Gasteiger partial charge in [-0.15, -0.1) is 0 Å². The van der Waals surface area contributed by atoms with Gasteiger partial charge in [0.15, 0.2) is 0 Å². The topological polar surface area (TPSA) is 29.0 Å². The maximum atomic E-state index is 4.45. The van der Waals surface area contributed by atoms with Gasteiger partial charge in [-0.3, -0.25) is 14.9 Å². The molecule has 0 spiro atoms. The van der Waals surface area contributed by atoms with Crippen molar-refractivity contribution in [2.45, 2.75) is 19.9 Å². The van der Waals surface area contributed by atoms with Crippen LogP contribution in [-0.2, 0) is 6.54 Å². The molecule has 0 N–H and O–H groups in total. The van der Waals surface area contributed by atoms with Gasteiger partial charge in [0.1, 0.15) is 0 Å². The molecule has 17 heavy (non-hydrogen) atoms. The van der Waals surface area contributed by atoms with Gasteiger partial charge >= 0.3 is 0 Å². The van der Waals surface area contributed by atoms with Crippen molar-refractivity contribution in [2.24, 2.45) is 5.92 Å². The molecule has 0 radical (unpaired) electrons. The summed E-state index contributed by atoms with van der Waals surface area (Å²) >= 11 is 0. The molecule has 1 fully saturated rings. The molecule has 3 heteroatoms. The molecule has 1 atom stereocenters. The van der Waals surface area contributed by atoms with Crippen molar-refractivity contribution in [3.8, 4) is 0 Å².